The number of esters is 1. The third kappa shape index (κ3) is 5.40. The van der Waals surface area contributed by atoms with Gasteiger partial charge in [0.2, 0.25) is 5.91 Å². The van der Waals surface area contributed by atoms with E-state index in [1.165, 1.54) is 17.1 Å². The second-order valence-corrected chi connectivity index (χ2v) is 8.57. The van der Waals surface area contributed by atoms with Crippen LogP contribution >= 0.6 is 0 Å². The molecule has 1 N–H and O–H groups in total. The molecule has 0 saturated heterocycles. The highest BCUT2D eigenvalue weighted by Crippen LogP contribution is 2.17. The van der Waals surface area contributed by atoms with Crippen LogP contribution < -0.4 is 10.9 Å². The molecule has 1 aromatic carbocycles. The molecule has 32 heavy (non-hydrogen) atoms. The van der Waals surface area contributed by atoms with Gasteiger partial charge in [-0.05, 0) is 51.5 Å². The van der Waals surface area contributed by atoms with Crippen molar-refractivity contribution >= 4 is 28.6 Å². The minimum absolute atomic E-state index is 0.0985. The Kier molecular flexibility index (Phi) is 7.07. The van der Waals surface area contributed by atoms with Crippen LogP contribution in [0.4, 0.5) is 5.69 Å². The van der Waals surface area contributed by atoms with Crippen LogP contribution in [0.3, 0.4) is 0 Å². The van der Waals surface area contributed by atoms with Gasteiger partial charge in [-0.15, -0.1) is 0 Å². The SMILES string of the molecule is CCCCOC(=O)c1ccc(NC(=O)CCn2cnc3c(cnn3C(C)(C)C)c2=O)cc1. The molecular formula is C23H29N5O4. The predicted molar refractivity (Wildman–Crippen MR) is 122 cm³/mol. The molecule has 0 spiro atoms. The topological polar surface area (TPSA) is 108 Å². The number of nitrogens with zero attached hydrogens (tertiary/aromatic N) is 4. The van der Waals surface area contributed by atoms with E-state index in [0.29, 0.717) is 28.9 Å². The number of amides is 1. The average Bonchev–Trinajstić information content (AvgIpc) is 3.19. The van der Waals surface area contributed by atoms with Crippen LogP contribution in [0.25, 0.3) is 11.0 Å². The zero-order chi connectivity index (χ0) is 23.3. The molecule has 0 aliphatic carbocycles. The Morgan fingerprint density at radius 2 is 1.88 bits per heavy atom. The van der Waals surface area contributed by atoms with Crippen LogP contribution in [-0.4, -0.2) is 37.8 Å². The molecule has 0 unspecified atom stereocenters. The van der Waals surface area contributed by atoms with E-state index in [0.717, 1.165) is 12.8 Å². The number of rotatable bonds is 8. The molecule has 0 fully saturated rings. The minimum Gasteiger partial charge on any atom is -0.462 e. The molecule has 3 aromatic rings. The van der Waals surface area contributed by atoms with Crippen molar-refractivity contribution in [1.29, 1.82) is 0 Å². The van der Waals surface area contributed by atoms with Crippen molar-refractivity contribution in [2.45, 2.75) is 59.0 Å². The molecule has 170 valence electrons. The summed E-state index contributed by atoms with van der Waals surface area (Å²) in [5.74, 6) is -0.631. The molecule has 1 amide bonds. The van der Waals surface area contributed by atoms with Crippen molar-refractivity contribution in [3.63, 3.8) is 0 Å². The summed E-state index contributed by atoms with van der Waals surface area (Å²) in [5.41, 5.74) is 0.990. The summed E-state index contributed by atoms with van der Waals surface area (Å²) in [5, 5.41) is 7.48. The first-order valence-electron chi connectivity index (χ1n) is 10.7. The van der Waals surface area contributed by atoms with Gasteiger partial charge in [0.05, 0.1) is 30.2 Å². The largest absolute Gasteiger partial charge is 0.462 e. The standard InChI is InChI=1S/C23H29N5O4/c1-5-6-13-32-22(31)16-7-9-17(10-8-16)26-19(29)11-12-27-15-24-20-18(21(27)30)14-25-28(20)23(2,3)4/h7-10,14-15H,5-6,11-13H2,1-4H3,(H,26,29). The molecule has 9 heteroatoms. The molecule has 0 atom stereocenters. The number of carbonyl (C=O) groups is 2. The lowest BCUT2D eigenvalue weighted by Crippen LogP contribution is -2.26. The van der Waals surface area contributed by atoms with Crippen LogP contribution in [0.5, 0.6) is 0 Å². The van der Waals surface area contributed by atoms with Crippen LogP contribution in [0.15, 0.2) is 41.6 Å². The Morgan fingerprint density at radius 1 is 1.16 bits per heavy atom. The summed E-state index contributed by atoms with van der Waals surface area (Å²) in [4.78, 5) is 41.4. The summed E-state index contributed by atoms with van der Waals surface area (Å²) in [7, 11) is 0. The number of fused-ring (bicyclic) bond motifs is 1. The Morgan fingerprint density at radius 3 is 2.53 bits per heavy atom. The number of benzene rings is 1. The van der Waals surface area contributed by atoms with E-state index in [2.05, 4.69) is 15.4 Å². The highest BCUT2D eigenvalue weighted by atomic mass is 16.5. The molecule has 0 saturated carbocycles. The fourth-order valence-electron chi connectivity index (χ4n) is 3.13. The van der Waals surface area contributed by atoms with Gasteiger partial charge in [-0.1, -0.05) is 13.3 Å². The zero-order valence-electron chi connectivity index (χ0n) is 18.9. The molecule has 9 nitrogen and oxygen atoms in total. The number of hydrogen-bond acceptors (Lipinski definition) is 6. The monoisotopic (exact) mass is 439 g/mol. The molecule has 0 aliphatic rings. The maximum atomic E-state index is 12.7. The second kappa shape index (κ2) is 9.76. The Hall–Kier alpha value is -3.49. The highest BCUT2D eigenvalue weighted by Gasteiger charge is 2.19. The Bertz CT molecular complexity index is 1160. The van der Waals surface area contributed by atoms with Gasteiger partial charge in [-0.3, -0.25) is 14.2 Å². The molecule has 2 heterocycles. The lowest BCUT2D eigenvalue weighted by atomic mass is 10.1. The fraction of sp³-hybridized carbons (Fsp3) is 0.435. The maximum Gasteiger partial charge on any atom is 0.338 e. The fourth-order valence-corrected chi connectivity index (χ4v) is 3.13. The van der Waals surface area contributed by atoms with E-state index in [-0.39, 0.29) is 35.9 Å². The zero-order valence-corrected chi connectivity index (χ0v) is 18.9. The summed E-state index contributed by atoms with van der Waals surface area (Å²) >= 11 is 0. The number of nitrogens with one attached hydrogen (secondary N) is 1. The van der Waals surface area contributed by atoms with Gasteiger partial charge in [0.25, 0.3) is 5.56 Å². The van der Waals surface area contributed by atoms with E-state index in [1.807, 2.05) is 27.7 Å². The third-order valence-electron chi connectivity index (χ3n) is 4.91. The van der Waals surface area contributed by atoms with Gasteiger partial charge in [-0.2, -0.15) is 5.10 Å². The number of anilines is 1. The highest BCUT2D eigenvalue weighted by molar-refractivity contribution is 5.93. The summed E-state index contributed by atoms with van der Waals surface area (Å²) in [6.07, 6.45) is 4.84. The number of hydrogen-bond donors (Lipinski definition) is 1. The summed E-state index contributed by atoms with van der Waals surface area (Å²) in [6, 6.07) is 6.52. The van der Waals surface area contributed by atoms with Crippen LogP contribution in [-0.2, 0) is 21.6 Å². The van der Waals surface area contributed by atoms with Gasteiger partial charge < -0.3 is 10.1 Å². The lowest BCUT2D eigenvalue weighted by molar-refractivity contribution is -0.116. The second-order valence-electron chi connectivity index (χ2n) is 8.57. The van der Waals surface area contributed by atoms with E-state index in [9.17, 15) is 14.4 Å². The summed E-state index contributed by atoms with van der Waals surface area (Å²) < 4.78 is 8.29. The molecule has 0 radical (unpaired) electrons. The number of unbranched alkanes of at least 4 members (excludes halogenated alkanes) is 1. The molecular weight excluding hydrogens is 410 g/mol. The molecule has 3 rings (SSSR count). The van der Waals surface area contributed by atoms with Gasteiger partial charge in [-0.25, -0.2) is 14.5 Å². The molecule has 0 aliphatic heterocycles. The van der Waals surface area contributed by atoms with E-state index < -0.39 is 0 Å². The molecule has 2 aromatic heterocycles. The normalized spacial score (nSPS) is 11.5. The smallest absolute Gasteiger partial charge is 0.338 e. The number of aryl methyl sites for hydroxylation is 1. The van der Waals surface area contributed by atoms with Crippen molar-refractivity contribution in [2.24, 2.45) is 0 Å². The van der Waals surface area contributed by atoms with Gasteiger partial charge in [0.1, 0.15) is 5.39 Å². The Balaban J connectivity index is 1.59. The Labute approximate surface area is 186 Å². The molecule has 0 bridgehead atoms. The van der Waals surface area contributed by atoms with Crippen molar-refractivity contribution in [3.8, 4) is 0 Å². The van der Waals surface area contributed by atoms with Gasteiger partial charge in [0.15, 0.2) is 5.65 Å². The minimum atomic E-state index is -0.381. The van der Waals surface area contributed by atoms with E-state index >= 15 is 0 Å². The number of ether oxygens (including phenoxy) is 1. The van der Waals surface area contributed by atoms with Crippen molar-refractivity contribution in [2.75, 3.05) is 11.9 Å². The van der Waals surface area contributed by atoms with Crippen LogP contribution in [0, 0.1) is 0 Å². The van der Waals surface area contributed by atoms with E-state index in [1.54, 1.807) is 28.9 Å². The van der Waals surface area contributed by atoms with Gasteiger partial charge in [0, 0.05) is 18.7 Å². The van der Waals surface area contributed by atoms with Crippen molar-refractivity contribution < 1.29 is 14.3 Å². The first kappa shape index (κ1) is 23.2. The first-order valence-corrected chi connectivity index (χ1v) is 10.7. The number of carbonyl (C=O) groups excluding carboxylic acids is 2. The quantitative estimate of drug-likeness (QED) is 0.426. The van der Waals surface area contributed by atoms with Crippen molar-refractivity contribution in [1.82, 2.24) is 19.3 Å². The van der Waals surface area contributed by atoms with Crippen molar-refractivity contribution in [3.05, 3.63) is 52.7 Å². The maximum absolute atomic E-state index is 12.7. The van der Waals surface area contributed by atoms with E-state index in [4.69, 9.17) is 4.74 Å². The lowest BCUT2D eigenvalue weighted by Gasteiger charge is -2.19. The number of aromatic nitrogens is 4. The first-order chi connectivity index (χ1) is 15.2. The summed E-state index contributed by atoms with van der Waals surface area (Å²) in [6.45, 7) is 8.56. The predicted octanol–water partition coefficient (Wildman–Crippen LogP) is 3.33. The third-order valence-corrected chi connectivity index (χ3v) is 4.91. The van der Waals surface area contributed by atoms with Crippen LogP contribution in [0.2, 0.25) is 0 Å². The van der Waals surface area contributed by atoms with Crippen LogP contribution in [0.1, 0.15) is 57.3 Å². The average molecular weight is 440 g/mol. The van der Waals surface area contributed by atoms with Gasteiger partial charge >= 0.3 is 5.97 Å².